The SMILES string of the molecule is C/C(=C\C[P+](c1ccccc1)(c1ccccc1)c1ccccc1)c1ccc2c(c1)OCCO2. The van der Waals surface area contributed by atoms with Crippen LogP contribution in [0, 0.1) is 0 Å². The van der Waals surface area contributed by atoms with Crippen LogP contribution in [0.4, 0.5) is 0 Å². The van der Waals surface area contributed by atoms with E-state index < -0.39 is 7.26 Å². The zero-order chi connectivity index (χ0) is 22.5. The molecule has 4 aromatic carbocycles. The first-order valence-corrected chi connectivity index (χ1v) is 13.4. The van der Waals surface area contributed by atoms with Crippen LogP contribution < -0.4 is 25.4 Å². The third kappa shape index (κ3) is 4.32. The molecule has 5 rings (SSSR count). The molecule has 0 bridgehead atoms. The van der Waals surface area contributed by atoms with Gasteiger partial charge in [-0.1, -0.05) is 60.7 Å². The van der Waals surface area contributed by atoms with Gasteiger partial charge in [0.25, 0.3) is 0 Å². The van der Waals surface area contributed by atoms with Crippen LogP contribution in [0.2, 0.25) is 0 Å². The molecule has 0 N–H and O–H groups in total. The Kier molecular flexibility index (Phi) is 6.28. The van der Waals surface area contributed by atoms with Crippen LogP contribution in [0.25, 0.3) is 5.57 Å². The van der Waals surface area contributed by atoms with Gasteiger partial charge in [-0.25, -0.2) is 0 Å². The molecule has 0 fully saturated rings. The van der Waals surface area contributed by atoms with Gasteiger partial charge in [0.15, 0.2) is 11.5 Å². The third-order valence-electron chi connectivity index (χ3n) is 6.26. The minimum atomic E-state index is -1.88. The maximum Gasteiger partial charge on any atom is 0.161 e. The minimum Gasteiger partial charge on any atom is -0.486 e. The number of ether oxygens (including phenoxy) is 2. The van der Waals surface area contributed by atoms with Crippen LogP contribution in [0.5, 0.6) is 11.5 Å². The van der Waals surface area contributed by atoms with E-state index in [1.54, 1.807) is 0 Å². The number of fused-ring (bicyclic) bond motifs is 1. The Morgan fingerprint density at radius 1 is 0.667 bits per heavy atom. The average Bonchev–Trinajstić information content (AvgIpc) is 2.90. The van der Waals surface area contributed by atoms with Gasteiger partial charge in [0.1, 0.15) is 36.4 Å². The maximum atomic E-state index is 5.82. The lowest BCUT2D eigenvalue weighted by molar-refractivity contribution is 0.171. The van der Waals surface area contributed by atoms with Gasteiger partial charge in [-0.3, -0.25) is 0 Å². The van der Waals surface area contributed by atoms with Crippen molar-refractivity contribution >= 4 is 28.7 Å². The predicted molar refractivity (Wildman–Crippen MR) is 141 cm³/mol. The lowest BCUT2D eigenvalue weighted by atomic mass is 10.1. The summed E-state index contributed by atoms with van der Waals surface area (Å²) in [7, 11) is -1.88. The van der Waals surface area contributed by atoms with Crippen molar-refractivity contribution in [2.75, 3.05) is 19.4 Å². The van der Waals surface area contributed by atoms with Crippen molar-refractivity contribution in [3.63, 3.8) is 0 Å². The molecule has 0 radical (unpaired) electrons. The summed E-state index contributed by atoms with van der Waals surface area (Å²) in [5.41, 5.74) is 2.42. The minimum absolute atomic E-state index is 0.601. The number of benzene rings is 4. The monoisotopic (exact) mass is 451 g/mol. The first-order chi connectivity index (χ1) is 16.3. The zero-order valence-electron chi connectivity index (χ0n) is 18.9. The molecule has 0 spiro atoms. The molecule has 0 aromatic heterocycles. The van der Waals surface area contributed by atoms with Crippen molar-refractivity contribution in [2.24, 2.45) is 0 Å². The molecular formula is C30H28O2P+. The molecule has 1 heterocycles. The summed E-state index contributed by atoms with van der Waals surface area (Å²) in [6, 6.07) is 39.3. The fourth-order valence-corrected chi connectivity index (χ4v) is 8.61. The summed E-state index contributed by atoms with van der Waals surface area (Å²) < 4.78 is 11.5. The van der Waals surface area contributed by atoms with E-state index in [0.29, 0.717) is 13.2 Å². The van der Waals surface area contributed by atoms with Crippen molar-refractivity contribution in [1.29, 1.82) is 0 Å². The molecule has 0 atom stereocenters. The fourth-order valence-electron chi connectivity index (χ4n) is 4.49. The van der Waals surface area contributed by atoms with Crippen molar-refractivity contribution in [2.45, 2.75) is 6.92 Å². The van der Waals surface area contributed by atoms with Crippen LogP contribution in [0.15, 0.2) is 115 Å². The Bertz CT molecular complexity index is 1140. The molecule has 1 aliphatic heterocycles. The van der Waals surface area contributed by atoms with Crippen LogP contribution in [0.3, 0.4) is 0 Å². The predicted octanol–water partition coefficient (Wildman–Crippen LogP) is 5.86. The average molecular weight is 452 g/mol. The van der Waals surface area contributed by atoms with Crippen LogP contribution in [0.1, 0.15) is 12.5 Å². The molecular weight excluding hydrogens is 423 g/mol. The topological polar surface area (TPSA) is 18.5 Å². The van der Waals surface area contributed by atoms with Gasteiger partial charge < -0.3 is 9.47 Å². The largest absolute Gasteiger partial charge is 0.486 e. The molecule has 33 heavy (non-hydrogen) atoms. The van der Waals surface area contributed by atoms with Crippen LogP contribution in [-0.2, 0) is 0 Å². The van der Waals surface area contributed by atoms with E-state index in [0.717, 1.165) is 17.7 Å². The maximum absolute atomic E-state index is 5.82. The molecule has 3 heteroatoms. The summed E-state index contributed by atoms with van der Waals surface area (Å²) in [4.78, 5) is 0. The van der Waals surface area contributed by atoms with E-state index in [1.807, 2.05) is 6.07 Å². The fraction of sp³-hybridized carbons (Fsp3) is 0.133. The molecule has 2 nitrogen and oxygen atoms in total. The van der Waals surface area contributed by atoms with Gasteiger partial charge in [0.05, 0.1) is 6.16 Å². The van der Waals surface area contributed by atoms with Crippen molar-refractivity contribution in [1.82, 2.24) is 0 Å². The highest BCUT2D eigenvalue weighted by Gasteiger charge is 2.44. The Labute approximate surface area is 196 Å². The van der Waals surface area contributed by atoms with Gasteiger partial charge >= 0.3 is 0 Å². The summed E-state index contributed by atoms with van der Waals surface area (Å²) in [5, 5.41) is 4.19. The highest BCUT2D eigenvalue weighted by Crippen LogP contribution is 2.55. The van der Waals surface area contributed by atoms with Crippen LogP contribution >= 0.6 is 7.26 Å². The van der Waals surface area contributed by atoms with Crippen molar-refractivity contribution in [3.8, 4) is 11.5 Å². The number of hydrogen-bond donors (Lipinski definition) is 0. The second kappa shape index (κ2) is 9.65. The quantitative estimate of drug-likeness (QED) is 0.342. The summed E-state index contributed by atoms with van der Waals surface area (Å²) in [6.07, 6.45) is 3.36. The standard InChI is InChI=1S/C30H28O2P/c1-24(25-17-18-29-30(23-25)32-21-20-31-29)19-22-33(26-11-5-2-6-12-26,27-13-7-3-8-14-27)28-15-9-4-10-16-28/h2-19,23H,20-22H2,1H3/q+1/b24-19+. The van der Waals surface area contributed by atoms with E-state index in [1.165, 1.54) is 27.1 Å². The van der Waals surface area contributed by atoms with Crippen molar-refractivity contribution in [3.05, 3.63) is 121 Å². The van der Waals surface area contributed by atoms with Gasteiger partial charge in [0, 0.05) is 0 Å². The molecule has 1 aliphatic rings. The Morgan fingerprint density at radius 3 is 1.67 bits per heavy atom. The van der Waals surface area contributed by atoms with Gasteiger partial charge in [-0.05, 0) is 72.7 Å². The molecule has 0 unspecified atom stereocenters. The Balaban J connectivity index is 1.62. The van der Waals surface area contributed by atoms with E-state index in [9.17, 15) is 0 Å². The van der Waals surface area contributed by atoms with Gasteiger partial charge in [-0.15, -0.1) is 0 Å². The zero-order valence-corrected chi connectivity index (χ0v) is 19.7. The van der Waals surface area contributed by atoms with Gasteiger partial charge in [0.2, 0.25) is 0 Å². The number of allylic oxidation sites excluding steroid dienone is 2. The lowest BCUT2D eigenvalue weighted by Crippen LogP contribution is -2.33. The smallest absolute Gasteiger partial charge is 0.161 e. The molecule has 0 saturated heterocycles. The summed E-state index contributed by atoms with van der Waals surface area (Å²) in [5.74, 6) is 1.67. The lowest BCUT2D eigenvalue weighted by Gasteiger charge is -2.27. The normalized spacial score (nSPS) is 13.5. The Morgan fingerprint density at radius 2 is 1.15 bits per heavy atom. The van der Waals surface area contributed by atoms with E-state index in [4.69, 9.17) is 9.47 Å². The molecule has 0 saturated carbocycles. The van der Waals surface area contributed by atoms with Gasteiger partial charge in [-0.2, -0.15) is 0 Å². The second-order valence-electron chi connectivity index (χ2n) is 8.24. The third-order valence-corrected chi connectivity index (χ3v) is 10.5. The van der Waals surface area contributed by atoms with E-state index in [-0.39, 0.29) is 0 Å². The van der Waals surface area contributed by atoms with E-state index in [2.05, 4.69) is 116 Å². The molecule has 0 aliphatic carbocycles. The molecule has 164 valence electrons. The first-order valence-electron chi connectivity index (χ1n) is 11.4. The molecule has 4 aromatic rings. The highest BCUT2D eigenvalue weighted by atomic mass is 31.2. The number of rotatable bonds is 6. The van der Waals surface area contributed by atoms with Crippen LogP contribution in [-0.4, -0.2) is 19.4 Å². The first kappa shape index (κ1) is 21.5. The number of hydrogen-bond acceptors (Lipinski definition) is 2. The summed E-state index contributed by atoms with van der Waals surface area (Å²) in [6.45, 7) is 3.41. The Hall–Kier alpha value is -3.35. The van der Waals surface area contributed by atoms with Crippen molar-refractivity contribution < 1.29 is 9.47 Å². The highest BCUT2D eigenvalue weighted by molar-refractivity contribution is 7.95. The second-order valence-corrected chi connectivity index (χ2v) is 11.8. The molecule has 0 amide bonds. The van der Waals surface area contributed by atoms with E-state index >= 15 is 0 Å². The summed E-state index contributed by atoms with van der Waals surface area (Å²) >= 11 is 0.